The van der Waals surface area contributed by atoms with Crippen molar-refractivity contribution >= 4 is 46.9 Å². The summed E-state index contributed by atoms with van der Waals surface area (Å²) >= 11 is 7.44. The van der Waals surface area contributed by atoms with Crippen LogP contribution in [0.15, 0.2) is 52.3 Å². The van der Waals surface area contributed by atoms with E-state index in [9.17, 15) is 9.59 Å². The second kappa shape index (κ2) is 12.8. The zero-order valence-electron chi connectivity index (χ0n) is 19.4. The smallest absolute Gasteiger partial charge is 0.262 e. The molecule has 0 unspecified atom stereocenters. The molecule has 0 aliphatic carbocycles. The summed E-state index contributed by atoms with van der Waals surface area (Å²) < 4.78 is 0. The normalized spacial score (nSPS) is 14.3. The second-order valence-electron chi connectivity index (χ2n) is 8.29. The van der Waals surface area contributed by atoms with E-state index < -0.39 is 0 Å². The van der Waals surface area contributed by atoms with Crippen molar-refractivity contribution in [3.8, 4) is 0 Å². The van der Waals surface area contributed by atoms with Crippen LogP contribution in [-0.2, 0) is 4.79 Å². The Morgan fingerprint density at radius 3 is 2.55 bits per heavy atom. The number of hydrogen-bond donors (Lipinski definition) is 3. The summed E-state index contributed by atoms with van der Waals surface area (Å²) in [7, 11) is 0. The number of thioether (sulfide) groups is 1. The molecule has 1 aliphatic heterocycles. The number of anilines is 1. The van der Waals surface area contributed by atoms with Crippen molar-refractivity contribution < 1.29 is 14.5 Å². The Labute approximate surface area is 206 Å². The van der Waals surface area contributed by atoms with E-state index in [1.165, 1.54) is 37.4 Å². The lowest BCUT2D eigenvalue weighted by Crippen LogP contribution is -3.12. The number of carbonyl (C=O) groups is 2. The Morgan fingerprint density at radius 1 is 1.09 bits per heavy atom. The maximum Gasteiger partial charge on any atom is 0.262 e. The molecule has 2 aromatic carbocycles. The van der Waals surface area contributed by atoms with Gasteiger partial charge in [0, 0.05) is 15.5 Å². The standard InChI is InChI=1S/C26H32ClN3O2S/c1-3-5-13-30(14-6-4-2)15-12-28-25(31)20-10-11-23-22(18-20)29-26(32)24(33-23)17-19-8-7-9-21(27)16-19/h7-11,16-18H,3-6,12-15H2,1-2H3,(H,28,31)(H,29,32)/p+1. The molecule has 0 saturated heterocycles. The van der Waals surface area contributed by atoms with Gasteiger partial charge in [0.25, 0.3) is 11.8 Å². The highest BCUT2D eigenvalue weighted by molar-refractivity contribution is 8.04. The molecule has 0 saturated carbocycles. The van der Waals surface area contributed by atoms with Gasteiger partial charge in [-0.05, 0) is 54.8 Å². The summed E-state index contributed by atoms with van der Waals surface area (Å²) in [6.45, 7) is 8.30. The van der Waals surface area contributed by atoms with Crippen LogP contribution in [0, 0.1) is 0 Å². The minimum Gasteiger partial charge on any atom is -0.346 e. The van der Waals surface area contributed by atoms with Crippen molar-refractivity contribution in [2.75, 3.05) is 31.5 Å². The van der Waals surface area contributed by atoms with Crippen LogP contribution in [0.4, 0.5) is 5.69 Å². The predicted molar refractivity (Wildman–Crippen MR) is 138 cm³/mol. The first kappa shape index (κ1) is 25.3. The number of carbonyl (C=O) groups excluding carboxylic acids is 2. The van der Waals surface area contributed by atoms with E-state index >= 15 is 0 Å². The van der Waals surface area contributed by atoms with Crippen molar-refractivity contribution in [1.29, 1.82) is 0 Å². The SMILES string of the molecule is CCCC[NH+](CCCC)CCNC(=O)c1ccc2c(c1)NC(=O)C(=Cc1cccc(Cl)c1)S2. The van der Waals surface area contributed by atoms with Crippen LogP contribution < -0.4 is 15.5 Å². The molecule has 33 heavy (non-hydrogen) atoms. The molecule has 2 amide bonds. The Morgan fingerprint density at radius 2 is 1.85 bits per heavy atom. The van der Waals surface area contributed by atoms with Crippen LogP contribution in [0.1, 0.15) is 55.5 Å². The van der Waals surface area contributed by atoms with Gasteiger partial charge < -0.3 is 15.5 Å². The average molecular weight is 487 g/mol. The Hall–Kier alpha value is -2.28. The van der Waals surface area contributed by atoms with Gasteiger partial charge in [-0.3, -0.25) is 9.59 Å². The fourth-order valence-electron chi connectivity index (χ4n) is 3.73. The minimum absolute atomic E-state index is 0.109. The third-order valence-corrected chi connectivity index (χ3v) is 6.95. The number of unbranched alkanes of at least 4 members (excludes halogenated alkanes) is 2. The van der Waals surface area contributed by atoms with Gasteiger partial charge in [0.05, 0.1) is 36.8 Å². The van der Waals surface area contributed by atoms with Crippen LogP contribution >= 0.6 is 23.4 Å². The summed E-state index contributed by atoms with van der Waals surface area (Å²) in [6, 6.07) is 12.8. The summed E-state index contributed by atoms with van der Waals surface area (Å²) in [4.78, 5) is 28.4. The summed E-state index contributed by atoms with van der Waals surface area (Å²) in [5.74, 6) is -0.293. The van der Waals surface area contributed by atoms with E-state index in [0.717, 1.165) is 30.1 Å². The maximum absolute atomic E-state index is 12.7. The Balaban J connectivity index is 1.60. The summed E-state index contributed by atoms with van der Waals surface area (Å²) in [6.07, 6.45) is 6.63. The number of amides is 2. The number of fused-ring (bicyclic) bond motifs is 1. The first-order valence-corrected chi connectivity index (χ1v) is 12.9. The highest BCUT2D eigenvalue weighted by Crippen LogP contribution is 2.39. The molecular formula is C26H33ClN3O2S+. The summed E-state index contributed by atoms with van der Waals surface area (Å²) in [5, 5.41) is 6.59. The molecule has 7 heteroatoms. The highest BCUT2D eigenvalue weighted by Gasteiger charge is 2.22. The topological polar surface area (TPSA) is 62.6 Å². The molecule has 3 rings (SSSR count). The van der Waals surface area contributed by atoms with Crippen molar-refractivity contribution in [1.82, 2.24) is 5.32 Å². The predicted octanol–water partition coefficient (Wildman–Crippen LogP) is 4.64. The first-order chi connectivity index (χ1) is 16.0. The molecule has 1 heterocycles. The Kier molecular flexibility index (Phi) is 9.85. The fourth-order valence-corrected chi connectivity index (χ4v) is 4.86. The lowest BCUT2D eigenvalue weighted by molar-refractivity contribution is -0.899. The minimum atomic E-state index is -0.184. The van der Waals surface area contributed by atoms with Crippen molar-refractivity contribution in [3.05, 3.63) is 63.5 Å². The van der Waals surface area contributed by atoms with Gasteiger partial charge in [0.2, 0.25) is 0 Å². The Bertz CT molecular complexity index is 1000. The molecule has 5 nitrogen and oxygen atoms in total. The fraction of sp³-hybridized carbons (Fsp3) is 0.385. The third kappa shape index (κ3) is 7.63. The molecule has 1 aliphatic rings. The number of benzene rings is 2. The van der Waals surface area contributed by atoms with Crippen molar-refractivity contribution in [3.63, 3.8) is 0 Å². The summed E-state index contributed by atoms with van der Waals surface area (Å²) in [5.41, 5.74) is 2.09. The molecular weight excluding hydrogens is 454 g/mol. The van der Waals surface area contributed by atoms with E-state index in [1.807, 2.05) is 36.4 Å². The van der Waals surface area contributed by atoms with Crippen molar-refractivity contribution in [2.24, 2.45) is 0 Å². The van der Waals surface area contributed by atoms with Crippen molar-refractivity contribution in [2.45, 2.75) is 44.4 Å². The lowest BCUT2D eigenvalue weighted by Gasteiger charge is -2.20. The van der Waals surface area contributed by atoms with E-state index in [-0.39, 0.29) is 11.8 Å². The van der Waals surface area contributed by atoms with Crippen LogP contribution in [-0.4, -0.2) is 38.0 Å². The van der Waals surface area contributed by atoms with Gasteiger partial charge in [-0.25, -0.2) is 0 Å². The van der Waals surface area contributed by atoms with E-state index in [1.54, 1.807) is 17.0 Å². The maximum atomic E-state index is 12.7. The largest absolute Gasteiger partial charge is 0.346 e. The van der Waals surface area contributed by atoms with Gasteiger partial charge in [0.15, 0.2) is 0 Å². The molecule has 0 aromatic heterocycles. The molecule has 2 aromatic rings. The van der Waals surface area contributed by atoms with Gasteiger partial charge >= 0.3 is 0 Å². The van der Waals surface area contributed by atoms with E-state index in [2.05, 4.69) is 24.5 Å². The number of hydrogen-bond acceptors (Lipinski definition) is 3. The van der Waals surface area contributed by atoms with Gasteiger partial charge in [-0.1, -0.05) is 62.2 Å². The monoisotopic (exact) mass is 486 g/mol. The van der Waals surface area contributed by atoms with Crippen LogP contribution in [0.5, 0.6) is 0 Å². The zero-order valence-corrected chi connectivity index (χ0v) is 21.0. The molecule has 0 spiro atoms. The second-order valence-corrected chi connectivity index (χ2v) is 9.81. The number of rotatable bonds is 11. The van der Waals surface area contributed by atoms with Gasteiger partial charge in [0.1, 0.15) is 0 Å². The highest BCUT2D eigenvalue weighted by atomic mass is 35.5. The average Bonchev–Trinajstić information content (AvgIpc) is 2.80. The van der Waals surface area contributed by atoms with Crippen LogP contribution in [0.2, 0.25) is 5.02 Å². The van der Waals surface area contributed by atoms with E-state index in [0.29, 0.717) is 27.7 Å². The quantitative estimate of drug-likeness (QED) is 0.405. The zero-order chi connectivity index (χ0) is 23.6. The number of halogens is 1. The lowest BCUT2D eigenvalue weighted by atomic mass is 10.1. The van der Waals surface area contributed by atoms with Crippen LogP contribution in [0.25, 0.3) is 6.08 Å². The molecule has 176 valence electrons. The van der Waals surface area contributed by atoms with Gasteiger partial charge in [-0.2, -0.15) is 0 Å². The molecule has 0 radical (unpaired) electrons. The molecule has 0 atom stereocenters. The molecule has 0 fully saturated rings. The molecule has 3 N–H and O–H groups in total. The number of nitrogens with one attached hydrogen (secondary N) is 3. The first-order valence-electron chi connectivity index (χ1n) is 11.7. The van der Waals surface area contributed by atoms with Gasteiger partial charge in [-0.15, -0.1) is 0 Å². The number of quaternary nitrogens is 1. The molecule has 0 bridgehead atoms. The van der Waals surface area contributed by atoms with E-state index in [4.69, 9.17) is 11.6 Å². The third-order valence-electron chi connectivity index (χ3n) is 5.61. The van der Waals surface area contributed by atoms with Crippen LogP contribution in [0.3, 0.4) is 0 Å².